The highest BCUT2D eigenvalue weighted by atomic mass is 35.5. The first kappa shape index (κ1) is 20.8. The van der Waals surface area contributed by atoms with Crippen molar-refractivity contribution in [1.82, 2.24) is 10.6 Å². The summed E-state index contributed by atoms with van der Waals surface area (Å²) < 4.78 is 2.57. The van der Waals surface area contributed by atoms with Gasteiger partial charge in [0.15, 0.2) is 0 Å². The summed E-state index contributed by atoms with van der Waals surface area (Å²) in [5.41, 5.74) is 0. The maximum absolute atomic E-state index is 9.75. The summed E-state index contributed by atoms with van der Waals surface area (Å²) in [6.45, 7) is 4.81. The van der Waals surface area contributed by atoms with Gasteiger partial charge in [-0.3, -0.25) is 15.2 Å². The number of nitrogens with one attached hydrogen (secondary N) is 2. The smallest absolute Gasteiger partial charge is 0.346 e. The van der Waals surface area contributed by atoms with Crippen LogP contribution in [0.4, 0.5) is 0 Å². The van der Waals surface area contributed by atoms with E-state index in [2.05, 4.69) is 29.1 Å². The topological polar surface area (TPSA) is 47.3 Å². The normalized spacial score (nSPS) is 33.3. The van der Waals surface area contributed by atoms with Crippen molar-refractivity contribution in [1.29, 1.82) is 0 Å². The van der Waals surface area contributed by atoms with Crippen molar-refractivity contribution in [2.45, 2.75) is 109 Å². The van der Waals surface area contributed by atoms with Crippen molar-refractivity contribution in [2.24, 2.45) is 5.92 Å². The Hall–Kier alpha value is -0.480. The summed E-state index contributed by atoms with van der Waals surface area (Å²) in [5.74, 6) is 1.64. The van der Waals surface area contributed by atoms with Gasteiger partial charge in [0.1, 0.15) is 0 Å². The molecule has 1 saturated heterocycles. The minimum atomic E-state index is 0. The van der Waals surface area contributed by atoms with E-state index in [0.717, 1.165) is 0 Å². The van der Waals surface area contributed by atoms with Crippen molar-refractivity contribution < 1.29 is 22.1 Å². The second kappa shape index (κ2) is 10.0. The molecule has 0 radical (unpaired) electrons. The average molecular weight is 372 g/mol. The monoisotopic (exact) mass is 371 g/mol. The number of nitrogens with zero attached hydrogens (tertiary/aromatic N) is 1. The molecule has 0 aromatic rings. The highest BCUT2D eigenvalue weighted by molar-refractivity contribution is 5.76. The van der Waals surface area contributed by atoms with Gasteiger partial charge in [-0.05, 0) is 26.2 Å². The molecule has 1 fully saturated rings. The summed E-state index contributed by atoms with van der Waals surface area (Å²) in [6.07, 6.45) is 14.9. The molecule has 3 rings (SSSR count). The van der Waals surface area contributed by atoms with Crippen LogP contribution in [0.15, 0.2) is 0 Å². The van der Waals surface area contributed by atoms with Crippen LogP contribution in [0.2, 0.25) is 0 Å². The van der Waals surface area contributed by atoms with Crippen LogP contribution in [0.3, 0.4) is 0 Å². The molecule has 0 unspecified atom stereocenters. The van der Waals surface area contributed by atoms with Gasteiger partial charge < -0.3 is 17.5 Å². The number of aliphatic hydroxyl groups excluding tert-OH is 1. The number of guanidine groups is 1. The van der Waals surface area contributed by atoms with Gasteiger partial charge in [-0.25, -0.2) is 0 Å². The van der Waals surface area contributed by atoms with Gasteiger partial charge >= 0.3 is 5.96 Å². The Morgan fingerprint density at radius 2 is 1.76 bits per heavy atom. The van der Waals surface area contributed by atoms with Crippen molar-refractivity contribution in [3.8, 4) is 0 Å². The quantitative estimate of drug-likeness (QED) is 0.395. The summed E-state index contributed by atoms with van der Waals surface area (Å²) in [5, 5.41) is 17.2. The number of hydrogen-bond donors (Lipinski definition) is 3. The molecule has 146 valence electrons. The van der Waals surface area contributed by atoms with Crippen LogP contribution in [0.5, 0.6) is 0 Å². The molecule has 3 heterocycles. The zero-order valence-electron chi connectivity index (χ0n) is 16.1. The Kier molecular flexibility index (Phi) is 8.34. The Bertz CT molecular complexity index is 443. The molecule has 0 aliphatic carbocycles. The number of rotatable bonds is 9. The van der Waals surface area contributed by atoms with Gasteiger partial charge in [0.25, 0.3) is 0 Å². The summed E-state index contributed by atoms with van der Waals surface area (Å²) >= 11 is 0. The Labute approximate surface area is 160 Å². The zero-order chi connectivity index (χ0) is 16.9. The Balaban J connectivity index is 0.00000225. The molecule has 0 bridgehead atoms. The van der Waals surface area contributed by atoms with Crippen molar-refractivity contribution in [2.75, 3.05) is 6.61 Å². The number of halogens is 1. The molecular weight excluding hydrogens is 334 g/mol. The lowest BCUT2D eigenvalue weighted by atomic mass is 9.90. The molecule has 0 amide bonds. The molecule has 0 aromatic heterocycles. The van der Waals surface area contributed by atoms with Crippen LogP contribution >= 0.6 is 0 Å². The predicted molar refractivity (Wildman–Crippen MR) is 99.4 cm³/mol. The Morgan fingerprint density at radius 3 is 2.48 bits per heavy atom. The minimum Gasteiger partial charge on any atom is -1.00 e. The summed E-state index contributed by atoms with van der Waals surface area (Å²) in [6, 6.07) is 2.24. The molecule has 5 heteroatoms. The van der Waals surface area contributed by atoms with Gasteiger partial charge in [0, 0.05) is 12.3 Å². The van der Waals surface area contributed by atoms with Crippen molar-refractivity contribution in [3.05, 3.63) is 0 Å². The lowest BCUT2D eigenvalue weighted by Crippen LogP contribution is -3.00. The van der Waals surface area contributed by atoms with Gasteiger partial charge in [0.05, 0.1) is 30.8 Å². The number of aliphatic hydroxyl groups is 1. The van der Waals surface area contributed by atoms with Crippen LogP contribution in [0.1, 0.15) is 84.5 Å². The standard InChI is InChI=1S/C20H37N3O.ClH/c1-3-4-5-6-7-8-9-10-16-13-17-11-12-19-18(14-24)15(2)21-20(22-16)23(17)19;/h15-19,24H,3-14H2,1-2H3,(H,21,22);1H/t15-,16+,17-,18+,19+;/m0./s1. The second-order valence-electron chi connectivity index (χ2n) is 8.32. The first-order valence-corrected chi connectivity index (χ1v) is 10.5. The fraction of sp³-hybridized carbons (Fsp3) is 0.950. The molecule has 4 nitrogen and oxygen atoms in total. The fourth-order valence-electron chi connectivity index (χ4n) is 5.16. The van der Waals surface area contributed by atoms with E-state index in [0.29, 0.717) is 36.7 Å². The minimum absolute atomic E-state index is 0. The Morgan fingerprint density at radius 1 is 1.04 bits per heavy atom. The van der Waals surface area contributed by atoms with E-state index in [1.54, 1.807) is 0 Å². The first-order chi connectivity index (χ1) is 11.7. The van der Waals surface area contributed by atoms with Crippen molar-refractivity contribution in [3.63, 3.8) is 0 Å². The van der Waals surface area contributed by atoms with E-state index in [-0.39, 0.29) is 12.4 Å². The van der Waals surface area contributed by atoms with E-state index >= 15 is 0 Å². The predicted octanol–water partition coefficient (Wildman–Crippen LogP) is -0.00730. The van der Waals surface area contributed by atoms with E-state index < -0.39 is 0 Å². The molecule has 3 aliphatic heterocycles. The number of unbranched alkanes of at least 4 members (excludes halogenated alkanes) is 6. The maximum Gasteiger partial charge on any atom is 0.346 e. The SMILES string of the molecule is CCCCCCCCC[C@@H]1C[C@@H]2CC[C@@H]3[C@H](CO)[C@H](C)NC(=[N+]23)N1.[Cl-]. The van der Waals surface area contributed by atoms with E-state index in [4.69, 9.17) is 0 Å². The zero-order valence-corrected chi connectivity index (χ0v) is 16.9. The summed E-state index contributed by atoms with van der Waals surface area (Å²) in [7, 11) is 0. The van der Waals surface area contributed by atoms with E-state index in [1.807, 2.05) is 0 Å². The summed E-state index contributed by atoms with van der Waals surface area (Å²) in [4.78, 5) is 0. The molecule has 0 spiro atoms. The number of hydrogen-bond acceptors (Lipinski definition) is 3. The van der Waals surface area contributed by atoms with Gasteiger partial charge in [-0.2, -0.15) is 0 Å². The van der Waals surface area contributed by atoms with Crippen LogP contribution in [0, 0.1) is 5.92 Å². The van der Waals surface area contributed by atoms with Gasteiger partial charge in [-0.1, -0.05) is 51.9 Å². The van der Waals surface area contributed by atoms with Gasteiger partial charge in [-0.15, -0.1) is 0 Å². The molecule has 25 heavy (non-hydrogen) atoms. The fourth-order valence-corrected chi connectivity index (χ4v) is 5.16. The maximum atomic E-state index is 9.75. The lowest BCUT2D eigenvalue weighted by Gasteiger charge is -2.38. The molecule has 3 aliphatic rings. The van der Waals surface area contributed by atoms with Crippen molar-refractivity contribution >= 4 is 5.96 Å². The molecule has 0 aromatic carbocycles. The van der Waals surface area contributed by atoms with Crippen LogP contribution in [-0.4, -0.2) is 46.4 Å². The lowest BCUT2D eigenvalue weighted by molar-refractivity contribution is -0.601. The molecule has 0 saturated carbocycles. The van der Waals surface area contributed by atoms with Crippen LogP contribution < -0.4 is 23.0 Å². The molecule has 5 atom stereocenters. The third-order valence-electron chi connectivity index (χ3n) is 6.57. The van der Waals surface area contributed by atoms with E-state index in [1.165, 1.54) is 76.6 Å². The molecular formula is C20H38ClN3O. The molecule has 3 N–H and O–H groups in total. The largest absolute Gasteiger partial charge is 1.00 e. The second-order valence-corrected chi connectivity index (χ2v) is 8.32. The van der Waals surface area contributed by atoms with Gasteiger partial charge in [0.2, 0.25) is 0 Å². The third kappa shape index (κ3) is 4.82. The average Bonchev–Trinajstić information content (AvgIpc) is 2.99. The van der Waals surface area contributed by atoms with Crippen LogP contribution in [-0.2, 0) is 0 Å². The first-order valence-electron chi connectivity index (χ1n) is 10.5. The third-order valence-corrected chi connectivity index (χ3v) is 6.57. The van der Waals surface area contributed by atoms with E-state index in [9.17, 15) is 5.11 Å². The van der Waals surface area contributed by atoms with Crippen LogP contribution in [0.25, 0.3) is 0 Å². The highest BCUT2D eigenvalue weighted by Gasteiger charge is 2.49. The highest BCUT2D eigenvalue weighted by Crippen LogP contribution is 2.34.